The SMILES string of the molecule is CC(C)c1ccc(N2NC(C=Cc3ccccc3)=CC2c2ccccc2)cc1. The smallest absolute Gasteiger partial charge is 0.0958 e. The summed E-state index contributed by atoms with van der Waals surface area (Å²) in [7, 11) is 0. The second kappa shape index (κ2) is 8.18. The van der Waals surface area contributed by atoms with E-state index >= 15 is 0 Å². The van der Waals surface area contributed by atoms with Gasteiger partial charge in [0.15, 0.2) is 0 Å². The number of allylic oxidation sites excluding steroid dienone is 1. The van der Waals surface area contributed by atoms with Crippen LogP contribution in [0.3, 0.4) is 0 Å². The molecule has 3 aromatic carbocycles. The minimum Gasteiger partial charge on any atom is -0.298 e. The van der Waals surface area contributed by atoms with E-state index < -0.39 is 0 Å². The van der Waals surface area contributed by atoms with Gasteiger partial charge in [0, 0.05) is 0 Å². The van der Waals surface area contributed by atoms with Gasteiger partial charge in [-0.1, -0.05) is 92.7 Å². The Morgan fingerprint density at radius 3 is 2.07 bits per heavy atom. The van der Waals surface area contributed by atoms with E-state index in [1.807, 2.05) is 6.07 Å². The zero-order chi connectivity index (χ0) is 19.3. The van der Waals surface area contributed by atoms with Gasteiger partial charge in [-0.25, -0.2) is 0 Å². The third kappa shape index (κ3) is 4.01. The minimum atomic E-state index is 0.154. The summed E-state index contributed by atoms with van der Waals surface area (Å²) in [4.78, 5) is 0. The summed E-state index contributed by atoms with van der Waals surface area (Å²) in [6.45, 7) is 4.45. The Bertz CT molecular complexity index is 954. The van der Waals surface area contributed by atoms with Gasteiger partial charge in [0.2, 0.25) is 0 Å². The van der Waals surface area contributed by atoms with Gasteiger partial charge in [0.05, 0.1) is 17.4 Å². The summed E-state index contributed by atoms with van der Waals surface area (Å²) in [5, 5.41) is 2.24. The highest BCUT2D eigenvalue weighted by Gasteiger charge is 2.25. The van der Waals surface area contributed by atoms with Crippen molar-refractivity contribution in [3.63, 3.8) is 0 Å². The molecule has 0 bridgehead atoms. The molecule has 3 aromatic rings. The van der Waals surface area contributed by atoms with Crippen molar-refractivity contribution in [3.8, 4) is 0 Å². The lowest BCUT2D eigenvalue weighted by atomic mass is 10.0. The van der Waals surface area contributed by atoms with Crippen molar-refractivity contribution < 1.29 is 0 Å². The van der Waals surface area contributed by atoms with Gasteiger partial charge in [-0.3, -0.25) is 10.4 Å². The molecule has 4 rings (SSSR count). The molecule has 140 valence electrons. The highest BCUT2D eigenvalue weighted by Crippen LogP contribution is 2.33. The van der Waals surface area contributed by atoms with Crippen LogP contribution in [0.2, 0.25) is 0 Å². The fraction of sp³-hybridized carbons (Fsp3) is 0.154. The number of benzene rings is 3. The Hall–Kier alpha value is -3.26. The van der Waals surface area contributed by atoms with E-state index in [0.29, 0.717) is 5.92 Å². The van der Waals surface area contributed by atoms with Crippen LogP contribution in [0.15, 0.2) is 103 Å². The highest BCUT2D eigenvalue weighted by atomic mass is 15.5. The molecule has 1 atom stereocenters. The van der Waals surface area contributed by atoms with Crippen LogP contribution in [0.5, 0.6) is 0 Å². The lowest BCUT2D eigenvalue weighted by Gasteiger charge is -2.27. The highest BCUT2D eigenvalue weighted by molar-refractivity contribution is 5.58. The summed E-state index contributed by atoms with van der Waals surface area (Å²) < 4.78 is 0. The van der Waals surface area contributed by atoms with E-state index in [1.165, 1.54) is 16.7 Å². The van der Waals surface area contributed by atoms with E-state index in [9.17, 15) is 0 Å². The van der Waals surface area contributed by atoms with Crippen molar-refractivity contribution in [2.24, 2.45) is 0 Å². The third-order valence-corrected chi connectivity index (χ3v) is 5.10. The van der Waals surface area contributed by atoms with E-state index in [-0.39, 0.29) is 6.04 Å². The summed E-state index contributed by atoms with van der Waals surface area (Å²) in [6.07, 6.45) is 6.57. The Morgan fingerprint density at radius 1 is 0.786 bits per heavy atom. The van der Waals surface area contributed by atoms with E-state index in [4.69, 9.17) is 0 Å². The number of hydrazine groups is 1. The van der Waals surface area contributed by atoms with Gasteiger partial charge in [0.25, 0.3) is 0 Å². The Kier molecular flexibility index (Phi) is 5.29. The quantitative estimate of drug-likeness (QED) is 0.556. The Labute approximate surface area is 167 Å². The molecule has 0 radical (unpaired) electrons. The molecule has 0 amide bonds. The maximum atomic E-state index is 3.58. The van der Waals surface area contributed by atoms with Crippen LogP contribution in [0.4, 0.5) is 5.69 Å². The average molecular weight is 367 g/mol. The predicted molar refractivity (Wildman–Crippen MR) is 119 cm³/mol. The standard InChI is InChI=1S/C26H26N2/c1-20(2)22-14-17-25(18-15-22)28-26(23-11-7-4-8-12-23)19-24(27-28)16-13-21-9-5-3-6-10-21/h3-20,26-27H,1-2H3. The Balaban J connectivity index is 1.63. The molecule has 0 spiro atoms. The second-order valence-corrected chi connectivity index (χ2v) is 7.45. The zero-order valence-electron chi connectivity index (χ0n) is 16.4. The molecule has 2 nitrogen and oxygen atoms in total. The van der Waals surface area contributed by atoms with Crippen LogP contribution >= 0.6 is 0 Å². The van der Waals surface area contributed by atoms with Crippen LogP contribution < -0.4 is 10.4 Å². The normalized spacial score (nSPS) is 16.5. The van der Waals surface area contributed by atoms with Crippen LogP contribution in [0.1, 0.15) is 42.5 Å². The van der Waals surface area contributed by atoms with Gasteiger partial charge < -0.3 is 0 Å². The van der Waals surface area contributed by atoms with Crippen LogP contribution in [0.25, 0.3) is 6.08 Å². The largest absolute Gasteiger partial charge is 0.298 e. The number of hydrogen-bond acceptors (Lipinski definition) is 2. The van der Waals surface area contributed by atoms with Crippen molar-refractivity contribution in [2.45, 2.75) is 25.8 Å². The zero-order valence-corrected chi connectivity index (χ0v) is 16.4. The molecule has 28 heavy (non-hydrogen) atoms. The Morgan fingerprint density at radius 2 is 1.43 bits per heavy atom. The number of rotatable bonds is 5. The second-order valence-electron chi connectivity index (χ2n) is 7.45. The van der Waals surface area contributed by atoms with Crippen molar-refractivity contribution in [3.05, 3.63) is 119 Å². The molecular formula is C26H26N2. The molecule has 0 aliphatic carbocycles. The summed E-state index contributed by atoms with van der Waals surface area (Å²) in [5.41, 5.74) is 9.67. The van der Waals surface area contributed by atoms with Gasteiger partial charge in [-0.05, 0) is 46.9 Å². The lowest BCUT2D eigenvalue weighted by Crippen LogP contribution is -2.34. The fourth-order valence-corrected chi connectivity index (χ4v) is 3.47. The molecule has 1 heterocycles. The number of hydrogen-bond donors (Lipinski definition) is 1. The van der Waals surface area contributed by atoms with Gasteiger partial charge >= 0.3 is 0 Å². The van der Waals surface area contributed by atoms with Gasteiger partial charge in [0.1, 0.15) is 0 Å². The van der Waals surface area contributed by atoms with Gasteiger partial charge in [-0.2, -0.15) is 0 Å². The number of nitrogens with one attached hydrogen (secondary N) is 1. The van der Waals surface area contributed by atoms with Crippen molar-refractivity contribution >= 4 is 11.8 Å². The predicted octanol–water partition coefficient (Wildman–Crippen LogP) is 6.47. The van der Waals surface area contributed by atoms with Crippen LogP contribution in [0, 0.1) is 0 Å². The van der Waals surface area contributed by atoms with Crippen molar-refractivity contribution in [1.29, 1.82) is 0 Å². The summed E-state index contributed by atoms with van der Waals surface area (Å²) in [6, 6.07) is 30.0. The topological polar surface area (TPSA) is 15.3 Å². The maximum absolute atomic E-state index is 3.58. The molecule has 0 fully saturated rings. The van der Waals surface area contributed by atoms with E-state index in [2.05, 4.69) is 121 Å². The summed E-state index contributed by atoms with van der Waals surface area (Å²) >= 11 is 0. The number of anilines is 1. The molecule has 1 unspecified atom stereocenters. The monoisotopic (exact) mass is 366 g/mol. The first-order chi connectivity index (χ1) is 13.7. The molecule has 1 N–H and O–H groups in total. The first kappa shape index (κ1) is 18.1. The molecule has 1 aliphatic heterocycles. The van der Waals surface area contributed by atoms with Crippen molar-refractivity contribution in [1.82, 2.24) is 5.43 Å². The molecule has 0 saturated carbocycles. The molecule has 0 aromatic heterocycles. The van der Waals surface area contributed by atoms with Crippen LogP contribution in [-0.2, 0) is 0 Å². The van der Waals surface area contributed by atoms with Crippen molar-refractivity contribution in [2.75, 3.05) is 5.01 Å². The van der Waals surface area contributed by atoms with Gasteiger partial charge in [-0.15, -0.1) is 0 Å². The van der Waals surface area contributed by atoms with E-state index in [1.54, 1.807) is 0 Å². The molecule has 0 saturated heterocycles. The maximum Gasteiger partial charge on any atom is 0.0958 e. The summed E-state index contributed by atoms with van der Waals surface area (Å²) in [5.74, 6) is 0.535. The minimum absolute atomic E-state index is 0.154. The molecule has 1 aliphatic rings. The van der Waals surface area contributed by atoms with Crippen LogP contribution in [-0.4, -0.2) is 0 Å². The fourth-order valence-electron chi connectivity index (χ4n) is 3.47. The average Bonchev–Trinajstić information content (AvgIpc) is 3.18. The third-order valence-electron chi connectivity index (χ3n) is 5.10. The lowest BCUT2D eigenvalue weighted by molar-refractivity contribution is 0.709. The first-order valence-electron chi connectivity index (χ1n) is 9.86. The first-order valence-corrected chi connectivity index (χ1v) is 9.86. The molecule has 2 heteroatoms. The number of nitrogens with zero attached hydrogens (tertiary/aromatic N) is 1. The van der Waals surface area contributed by atoms with E-state index in [0.717, 1.165) is 11.4 Å². The molecular weight excluding hydrogens is 340 g/mol.